The first-order valence-electron chi connectivity index (χ1n) is 6.15. The van der Waals surface area contributed by atoms with Crippen LogP contribution in [0, 0.1) is 11.6 Å². The highest BCUT2D eigenvalue weighted by Gasteiger charge is 2.35. The molecular formula is C13H16F2N2O2. The minimum absolute atomic E-state index is 0.197. The van der Waals surface area contributed by atoms with Crippen molar-refractivity contribution in [3.63, 3.8) is 0 Å². The molecule has 0 aliphatic heterocycles. The van der Waals surface area contributed by atoms with E-state index in [1.165, 1.54) is 0 Å². The van der Waals surface area contributed by atoms with Gasteiger partial charge in [-0.25, -0.2) is 8.78 Å². The van der Waals surface area contributed by atoms with E-state index in [2.05, 4.69) is 5.32 Å². The molecule has 1 amide bonds. The van der Waals surface area contributed by atoms with E-state index in [4.69, 9.17) is 5.73 Å². The second-order valence-corrected chi connectivity index (χ2v) is 4.95. The van der Waals surface area contributed by atoms with Gasteiger partial charge in [-0.1, -0.05) is 12.8 Å². The van der Waals surface area contributed by atoms with Gasteiger partial charge < -0.3 is 16.2 Å². The Morgan fingerprint density at radius 3 is 2.53 bits per heavy atom. The summed E-state index contributed by atoms with van der Waals surface area (Å²) in [4.78, 5) is 12.0. The van der Waals surface area contributed by atoms with Crippen molar-refractivity contribution in [2.75, 3.05) is 12.3 Å². The quantitative estimate of drug-likeness (QED) is 0.730. The summed E-state index contributed by atoms with van der Waals surface area (Å²) in [6.45, 7) is -0.197. The third-order valence-corrected chi connectivity index (χ3v) is 3.57. The van der Waals surface area contributed by atoms with E-state index in [0.717, 1.165) is 18.9 Å². The second kappa shape index (κ2) is 5.13. The van der Waals surface area contributed by atoms with E-state index in [9.17, 15) is 18.7 Å². The normalized spacial score (nSPS) is 17.4. The van der Waals surface area contributed by atoms with Crippen LogP contribution in [-0.4, -0.2) is 23.2 Å². The fourth-order valence-electron chi connectivity index (χ4n) is 2.42. The van der Waals surface area contributed by atoms with Crippen molar-refractivity contribution in [1.29, 1.82) is 0 Å². The first kappa shape index (κ1) is 13.7. The van der Waals surface area contributed by atoms with Crippen LogP contribution in [-0.2, 0) is 0 Å². The lowest BCUT2D eigenvalue weighted by Gasteiger charge is -2.28. The zero-order chi connectivity index (χ0) is 14.0. The predicted molar refractivity (Wildman–Crippen MR) is 66.5 cm³/mol. The molecular weight excluding hydrogens is 254 g/mol. The molecule has 1 aliphatic carbocycles. The fourth-order valence-corrected chi connectivity index (χ4v) is 2.42. The molecule has 0 radical (unpaired) electrons. The maximum absolute atomic E-state index is 13.6. The number of amides is 1. The van der Waals surface area contributed by atoms with Gasteiger partial charge in [-0.05, 0) is 18.9 Å². The number of aliphatic hydroxyl groups is 1. The monoisotopic (exact) mass is 270 g/mol. The van der Waals surface area contributed by atoms with Crippen LogP contribution in [0.5, 0.6) is 0 Å². The Morgan fingerprint density at radius 1 is 1.32 bits per heavy atom. The third kappa shape index (κ3) is 2.68. The molecule has 2 rings (SSSR count). The first-order chi connectivity index (χ1) is 8.97. The van der Waals surface area contributed by atoms with E-state index in [1.807, 2.05) is 0 Å². The van der Waals surface area contributed by atoms with Crippen molar-refractivity contribution in [2.45, 2.75) is 31.2 Å². The highest BCUT2D eigenvalue weighted by atomic mass is 19.1. The summed E-state index contributed by atoms with van der Waals surface area (Å²) in [5.41, 5.74) is 4.04. The van der Waals surface area contributed by atoms with Crippen molar-refractivity contribution in [3.8, 4) is 0 Å². The molecule has 1 aromatic rings. The molecule has 4 N–H and O–H groups in total. The lowest BCUT2D eigenvalue weighted by atomic mass is 9.98. The summed E-state index contributed by atoms with van der Waals surface area (Å²) in [5.74, 6) is -2.54. The smallest absolute Gasteiger partial charge is 0.254 e. The number of carbonyl (C=O) groups excluding carboxylic acids is 1. The number of hydrogen-bond acceptors (Lipinski definition) is 3. The number of benzene rings is 1. The molecule has 0 spiro atoms. The van der Waals surface area contributed by atoms with Crippen LogP contribution in [0.3, 0.4) is 0 Å². The Bertz CT molecular complexity index is 500. The number of nitrogens with one attached hydrogen (secondary N) is 1. The van der Waals surface area contributed by atoms with Crippen LogP contribution in [0.1, 0.15) is 36.0 Å². The molecule has 0 bridgehead atoms. The Kier molecular flexibility index (Phi) is 3.71. The van der Waals surface area contributed by atoms with Gasteiger partial charge in [0, 0.05) is 6.07 Å². The molecule has 1 aliphatic rings. The van der Waals surface area contributed by atoms with Crippen LogP contribution < -0.4 is 11.1 Å². The number of carbonyl (C=O) groups is 1. The third-order valence-electron chi connectivity index (χ3n) is 3.57. The molecule has 1 aromatic carbocycles. The van der Waals surface area contributed by atoms with Gasteiger partial charge in [-0.2, -0.15) is 0 Å². The number of rotatable bonds is 3. The van der Waals surface area contributed by atoms with Crippen LogP contribution >= 0.6 is 0 Å². The van der Waals surface area contributed by atoms with Gasteiger partial charge in [-0.15, -0.1) is 0 Å². The molecule has 6 heteroatoms. The average molecular weight is 270 g/mol. The number of nitrogen functional groups attached to an aromatic ring is 1. The van der Waals surface area contributed by atoms with Gasteiger partial charge in [0.15, 0.2) is 0 Å². The van der Waals surface area contributed by atoms with Crippen molar-refractivity contribution in [2.24, 2.45) is 0 Å². The summed E-state index contributed by atoms with van der Waals surface area (Å²) in [7, 11) is 0. The van der Waals surface area contributed by atoms with Gasteiger partial charge in [-0.3, -0.25) is 4.79 Å². The predicted octanol–water partition coefficient (Wildman–Crippen LogP) is 1.58. The Morgan fingerprint density at radius 2 is 1.95 bits per heavy atom. The molecule has 0 unspecified atom stereocenters. The highest BCUT2D eigenvalue weighted by Crippen LogP contribution is 2.29. The minimum Gasteiger partial charge on any atom is -0.396 e. The molecule has 104 valence electrons. The van der Waals surface area contributed by atoms with Crippen LogP contribution in [0.15, 0.2) is 12.1 Å². The zero-order valence-corrected chi connectivity index (χ0v) is 10.4. The second-order valence-electron chi connectivity index (χ2n) is 4.95. The average Bonchev–Trinajstić information content (AvgIpc) is 2.83. The standard InChI is InChI=1S/C13H16F2N2O2/c14-9-6-10(15)11(16)5-8(9)12(19)17-13(7-18)3-1-2-4-13/h5-6,18H,1-4,7,16H2,(H,17,19). The van der Waals surface area contributed by atoms with E-state index in [-0.39, 0.29) is 17.9 Å². The van der Waals surface area contributed by atoms with E-state index >= 15 is 0 Å². The van der Waals surface area contributed by atoms with Crippen LogP contribution in [0.25, 0.3) is 0 Å². The SMILES string of the molecule is Nc1cc(C(=O)NC2(CO)CCCC2)c(F)cc1F. The maximum Gasteiger partial charge on any atom is 0.254 e. The summed E-state index contributed by atoms with van der Waals surface area (Å²) < 4.78 is 26.6. The van der Waals surface area contributed by atoms with Gasteiger partial charge in [0.1, 0.15) is 11.6 Å². The van der Waals surface area contributed by atoms with E-state index in [1.54, 1.807) is 0 Å². The molecule has 1 fully saturated rings. The van der Waals surface area contributed by atoms with E-state index < -0.39 is 23.1 Å². The van der Waals surface area contributed by atoms with Crippen molar-refractivity contribution < 1.29 is 18.7 Å². The number of hydrogen-bond donors (Lipinski definition) is 3. The van der Waals surface area contributed by atoms with Gasteiger partial charge in [0.2, 0.25) is 0 Å². The number of halogens is 2. The molecule has 0 aromatic heterocycles. The number of anilines is 1. The van der Waals surface area contributed by atoms with Crippen LogP contribution in [0.4, 0.5) is 14.5 Å². The first-order valence-corrected chi connectivity index (χ1v) is 6.15. The lowest BCUT2D eigenvalue weighted by molar-refractivity contribution is 0.0834. The highest BCUT2D eigenvalue weighted by molar-refractivity contribution is 5.95. The summed E-state index contributed by atoms with van der Waals surface area (Å²) >= 11 is 0. The lowest BCUT2D eigenvalue weighted by Crippen LogP contribution is -2.49. The van der Waals surface area contributed by atoms with Crippen molar-refractivity contribution in [3.05, 3.63) is 29.3 Å². The minimum atomic E-state index is -0.963. The van der Waals surface area contributed by atoms with Crippen LogP contribution in [0.2, 0.25) is 0 Å². The van der Waals surface area contributed by atoms with E-state index in [0.29, 0.717) is 18.9 Å². The molecule has 0 saturated heterocycles. The Balaban J connectivity index is 2.22. The maximum atomic E-state index is 13.6. The largest absolute Gasteiger partial charge is 0.396 e. The van der Waals surface area contributed by atoms with Crippen molar-refractivity contribution in [1.82, 2.24) is 5.32 Å². The summed E-state index contributed by atoms with van der Waals surface area (Å²) in [5, 5.41) is 12.0. The number of aliphatic hydroxyl groups excluding tert-OH is 1. The molecule has 4 nitrogen and oxygen atoms in total. The molecule has 0 atom stereocenters. The molecule has 1 saturated carbocycles. The molecule has 19 heavy (non-hydrogen) atoms. The Hall–Kier alpha value is -1.69. The van der Waals surface area contributed by atoms with Gasteiger partial charge in [0.05, 0.1) is 23.4 Å². The molecule has 0 heterocycles. The Labute approximate surface area is 109 Å². The zero-order valence-electron chi connectivity index (χ0n) is 10.4. The fraction of sp³-hybridized carbons (Fsp3) is 0.462. The summed E-state index contributed by atoms with van der Waals surface area (Å²) in [6, 6.07) is 1.56. The number of nitrogens with two attached hydrogens (primary N) is 1. The topological polar surface area (TPSA) is 75.4 Å². The summed E-state index contributed by atoms with van der Waals surface area (Å²) in [6.07, 6.45) is 3.09. The van der Waals surface area contributed by atoms with Gasteiger partial charge >= 0.3 is 0 Å². The van der Waals surface area contributed by atoms with Crippen molar-refractivity contribution >= 4 is 11.6 Å². The van der Waals surface area contributed by atoms with Gasteiger partial charge in [0.25, 0.3) is 5.91 Å².